The fraction of sp³-hybridized carbons (Fsp3) is 1.00. The van der Waals surface area contributed by atoms with Crippen molar-refractivity contribution in [2.75, 3.05) is 26.9 Å². The van der Waals surface area contributed by atoms with Gasteiger partial charge in [-0.1, -0.05) is 6.42 Å². The standard InChI is InChI=1S/C10H19NO2/c1-12-10-4-2-3-8(10)9-7-13-6-5-11-9/h8-11H,2-7H2,1H3/t8-,9+,10-/m1/s1. The molecule has 2 aliphatic rings. The van der Waals surface area contributed by atoms with Gasteiger partial charge in [-0.25, -0.2) is 0 Å². The Labute approximate surface area is 79.8 Å². The Balaban J connectivity index is 1.90. The molecule has 1 saturated carbocycles. The molecule has 0 spiro atoms. The van der Waals surface area contributed by atoms with E-state index in [0.717, 1.165) is 19.8 Å². The van der Waals surface area contributed by atoms with Crippen molar-refractivity contribution in [3.05, 3.63) is 0 Å². The Hall–Kier alpha value is -0.120. The molecule has 1 N–H and O–H groups in total. The highest BCUT2D eigenvalue weighted by atomic mass is 16.5. The first-order valence-electron chi connectivity index (χ1n) is 5.25. The van der Waals surface area contributed by atoms with Gasteiger partial charge < -0.3 is 14.8 Å². The summed E-state index contributed by atoms with van der Waals surface area (Å²) in [6, 6.07) is 0.529. The molecule has 1 aliphatic carbocycles. The lowest BCUT2D eigenvalue weighted by Crippen LogP contribution is -2.48. The molecule has 0 amide bonds. The van der Waals surface area contributed by atoms with Crippen molar-refractivity contribution in [3.63, 3.8) is 0 Å². The van der Waals surface area contributed by atoms with Crippen LogP contribution in [0.4, 0.5) is 0 Å². The predicted molar refractivity (Wildman–Crippen MR) is 50.7 cm³/mol. The Bertz CT molecular complexity index is 157. The van der Waals surface area contributed by atoms with Crippen molar-refractivity contribution < 1.29 is 9.47 Å². The van der Waals surface area contributed by atoms with E-state index in [1.807, 2.05) is 7.11 Å². The fourth-order valence-electron chi connectivity index (χ4n) is 2.57. The van der Waals surface area contributed by atoms with Crippen molar-refractivity contribution in [2.24, 2.45) is 5.92 Å². The van der Waals surface area contributed by atoms with Crippen LogP contribution in [0.25, 0.3) is 0 Å². The maximum Gasteiger partial charge on any atom is 0.0623 e. The minimum Gasteiger partial charge on any atom is -0.381 e. The van der Waals surface area contributed by atoms with E-state index in [1.165, 1.54) is 19.3 Å². The van der Waals surface area contributed by atoms with E-state index < -0.39 is 0 Å². The largest absolute Gasteiger partial charge is 0.381 e. The molecule has 0 aromatic carbocycles. The quantitative estimate of drug-likeness (QED) is 0.690. The van der Waals surface area contributed by atoms with Crippen LogP contribution in [0.5, 0.6) is 0 Å². The molecule has 2 rings (SSSR count). The van der Waals surface area contributed by atoms with Crippen LogP contribution in [0, 0.1) is 5.92 Å². The van der Waals surface area contributed by atoms with Crippen molar-refractivity contribution in [1.29, 1.82) is 0 Å². The normalized spacial score (nSPS) is 40.8. The molecule has 0 unspecified atom stereocenters. The molecule has 3 nitrogen and oxygen atoms in total. The zero-order valence-corrected chi connectivity index (χ0v) is 8.29. The van der Waals surface area contributed by atoms with E-state index in [2.05, 4.69) is 5.32 Å². The van der Waals surface area contributed by atoms with Gasteiger partial charge in [0.2, 0.25) is 0 Å². The maximum atomic E-state index is 5.48. The van der Waals surface area contributed by atoms with Crippen molar-refractivity contribution in [3.8, 4) is 0 Å². The lowest BCUT2D eigenvalue weighted by molar-refractivity contribution is 0.00767. The van der Waals surface area contributed by atoms with Crippen molar-refractivity contribution in [1.82, 2.24) is 5.32 Å². The second kappa shape index (κ2) is 4.40. The van der Waals surface area contributed by atoms with Crippen molar-refractivity contribution >= 4 is 0 Å². The lowest BCUT2D eigenvalue weighted by atomic mass is 9.96. The summed E-state index contributed by atoms with van der Waals surface area (Å²) in [6.07, 6.45) is 4.28. The van der Waals surface area contributed by atoms with E-state index in [-0.39, 0.29) is 0 Å². The molecule has 76 valence electrons. The van der Waals surface area contributed by atoms with Gasteiger partial charge in [0.1, 0.15) is 0 Å². The monoisotopic (exact) mass is 185 g/mol. The van der Waals surface area contributed by atoms with Gasteiger partial charge in [0.25, 0.3) is 0 Å². The third-order valence-electron chi connectivity index (χ3n) is 3.27. The van der Waals surface area contributed by atoms with Crippen LogP contribution in [0.1, 0.15) is 19.3 Å². The highest BCUT2D eigenvalue weighted by molar-refractivity contribution is 4.88. The van der Waals surface area contributed by atoms with Gasteiger partial charge in [-0.2, -0.15) is 0 Å². The summed E-state index contributed by atoms with van der Waals surface area (Å²) in [5.41, 5.74) is 0. The second-order valence-corrected chi connectivity index (χ2v) is 4.00. The van der Waals surface area contributed by atoms with E-state index in [9.17, 15) is 0 Å². The molecular weight excluding hydrogens is 166 g/mol. The SMILES string of the molecule is CO[C@@H]1CCC[C@@H]1[C@@H]1COCCN1. The summed E-state index contributed by atoms with van der Waals surface area (Å²) in [4.78, 5) is 0. The molecule has 2 fully saturated rings. The van der Waals surface area contributed by atoms with Gasteiger partial charge >= 0.3 is 0 Å². The third kappa shape index (κ3) is 2.03. The summed E-state index contributed by atoms with van der Waals surface area (Å²) < 4.78 is 11.0. The van der Waals surface area contributed by atoms with Gasteiger partial charge in [-0.15, -0.1) is 0 Å². The maximum absolute atomic E-state index is 5.48. The molecular formula is C10H19NO2. The smallest absolute Gasteiger partial charge is 0.0623 e. The highest BCUT2D eigenvalue weighted by Crippen LogP contribution is 2.31. The highest BCUT2D eigenvalue weighted by Gasteiger charge is 2.34. The van der Waals surface area contributed by atoms with Crippen LogP contribution >= 0.6 is 0 Å². The van der Waals surface area contributed by atoms with Crippen LogP contribution in [0.2, 0.25) is 0 Å². The average Bonchev–Trinajstić information content (AvgIpc) is 2.67. The van der Waals surface area contributed by atoms with Gasteiger partial charge in [0, 0.05) is 25.6 Å². The average molecular weight is 185 g/mol. The summed E-state index contributed by atoms with van der Waals surface area (Å²) in [6.45, 7) is 2.73. The van der Waals surface area contributed by atoms with Gasteiger partial charge in [-0.3, -0.25) is 0 Å². The molecule has 1 aliphatic heterocycles. The van der Waals surface area contributed by atoms with Crippen LogP contribution in [-0.4, -0.2) is 39.0 Å². The Kier molecular flexibility index (Phi) is 3.19. The summed E-state index contributed by atoms with van der Waals surface area (Å²) in [7, 11) is 1.83. The molecule has 0 bridgehead atoms. The van der Waals surface area contributed by atoms with Crippen LogP contribution < -0.4 is 5.32 Å². The number of methoxy groups -OCH3 is 1. The first-order valence-corrected chi connectivity index (χ1v) is 5.25. The number of hydrogen-bond acceptors (Lipinski definition) is 3. The minimum absolute atomic E-state index is 0.458. The van der Waals surface area contributed by atoms with Gasteiger partial charge in [0.05, 0.1) is 19.3 Å². The van der Waals surface area contributed by atoms with E-state index in [4.69, 9.17) is 9.47 Å². The molecule has 3 atom stereocenters. The molecule has 3 heteroatoms. The molecule has 0 aromatic rings. The third-order valence-corrected chi connectivity index (χ3v) is 3.27. The predicted octanol–water partition coefficient (Wildman–Crippen LogP) is 0.790. The Morgan fingerprint density at radius 3 is 3.00 bits per heavy atom. The number of hydrogen-bond donors (Lipinski definition) is 1. The molecule has 1 saturated heterocycles. The number of nitrogens with one attached hydrogen (secondary N) is 1. The van der Waals surface area contributed by atoms with Crippen molar-refractivity contribution in [2.45, 2.75) is 31.4 Å². The van der Waals surface area contributed by atoms with E-state index >= 15 is 0 Å². The number of ether oxygens (including phenoxy) is 2. The molecule has 0 radical (unpaired) electrons. The fourth-order valence-corrected chi connectivity index (χ4v) is 2.57. The molecule has 13 heavy (non-hydrogen) atoms. The summed E-state index contributed by atoms with van der Waals surface area (Å²) in [5.74, 6) is 0.672. The van der Waals surface area contributed by atoms with Crippen LogP contribution in [-0.2, 0) is 9.47 Å². The Morgan fingerprint density at radius 2 is 2.31 bits per heavy atom. The number of rotatable bonds is 2. The van der Waals surface area contributed by atoms with Gasteiger partial charge in [0.15, 0.2) is 0 Å². The second-order valence-electron chi connectivity index (χ2n) is 4.00. The lowest BCUT2D eigenvalue weighted by Gasteiger charge is -2.31. The zero-order chi connectivity index (χ0) is 9.10. The van der Waals surface area contributed by atoms with E-state index in [0.29, 0.717) is 18.1 Å². The number of morpholine rings is 1. The topological polar surface area (TPSA) is 30.5 Å². The van der Waals surface area contributed by atoms with Crippen LogP contribution in [0.15, 0.2) is 0 Å². The van der Waals surface area contributed by atoms with Crippen LogP contribution in [0.3, 0.4) is 0 Å². The zero-order valence-electron chi connectivity index (χ0n) is 8.29. The molecule has 0 aromatic heterocycles. The molecule has 1 heterocycles. The first kappa shape index (κ1) is 9.44. The van der Waals surface area contributed by atoms with E-state index in [1.54, 1.807) is 0 Å². The Morgan fingerprint density at radius 1 is 1.38 bits per heavy atom. The summed E-state index contributed by atoms with van der Waals surface area (Å²) in [5, 5.41) is 3.52. The minimum atomic E-state index is 0.458. The first-order chi connectivity index (χ1) is 6.42. The summed E-state index contributed by atoms with van der Waals surface area (Å²) >= 11 is 0. The van der Waals surface area contributed by atoms with Gasteiger partial charge in [-0.05, 0) is 12.8 Å².